The average Bonchev–Trinajstić information content (AvgIpc) is 2.78. The van der Waals surface area contributed by atoms with Crippen LogP contribution in [0, 0.1) is 0 Å². The van der Waals surface area contributed by atoms with Gasteiger partial charge in [-0.15, -0.1) is 0 Å². The van der Waals surface area contributed by atoms with Gasteiger partial charge in [0, 0.05) is 24.1 Å². The molecule has 1 aromatic carbocycles. The Morgan fingerprint density at radius 2 is 1.95 bits per heavy atom. The maximum absolute atomic E-state index is 12.3. The number of amides is 1. The van der Waals surface area contributed by atoms with Gasteiger partial charge in [-0.05, 0) is 19.9 Å². The number of fused-ring (bicyclic) bond motifs is 1. The van der Waals surface area contributed by atoms with E-state index in [2.05, 4.69) is 19.2 Å². The number of carbonyl (C=O) groups excluding carboxylic acids is 1. The molecule has 0 spiro atoms. The van der Waals surface area contributed by atoms with E-state index in [1.807, 2.05) is 42.1 Å². The molecule has 1 amide bonds. The Morgan fingerprint density at radius 1 is 1.26 bits per heavy atom. The van der Waals surface area contributed by atoms with Gasteiger partial charge in [-0.2, -0.15) is 0 Å². The van der Waals surface area contributed by atoms with Crippen molar-refractivity contribution >= 4 is 16.8 Å². The number of hydrogen-bond acceptors (Lipinski definition) is 1. The number of nitrogens with zero attached hydrogens (tertiary/aromatic N) is 1. The fraction of sp³-hybridized carbons (Fsp3) is 0.400. The Kier molecular flexibility index (Phi) is 4.22. The molecule has 0 fully saturated rings. The SMILES string of the molecule is CC[NH+](CC)CNC(=O)c1cn(C)c2ccccc12. The first-order valence-corrected chi connectivity index (χ1v) is 6.83. The van der Waals surface area contributed by atoms with Crippen molar-refractivity contribution in [1.29, 1.82) is 0 Å². The Morgan fingerprint density at radius 3 is 2.63 bits per heavy atom. The molecule has 2 aromatic rings. The molecule has 0 aliphatic carbocycles. The summed E-state index contributed by atoms with van der Waals surface area (Å²) >= 11 is 0. The lowest BCUT2D eigenvalue weighted by Crippen LogP contribution is -3.13. The topological polar surface area (TPSA) is 38.5 Å². The molecule has 2 rings (SSSR count). The summed E-state index contributed by atoms with van der Waals surface area (Å²) < 4.78 is 1.99. The summed E-state index contributed by atoms with van der Waals surface area (Å²) in [5.74, 6) is 0.0104. The molecular weight excluding hydrogens is 238 g/mol. The predicted octanol–water partition coefficient (Wildman–Crippen LogP) is 0.790. The first-order chi connectivity index (χ1) is 9.17. The molecule has 1 heterocycles. The zero-order valence-corrected chi connectivity index (χ0v) is 11.9. The number of quaternary nitrogens is 1. The highest BCUT2D eigenvalue weighted by atomic mass is 16.1. The molecule has 102 valence electrons. The van der Waals surface area contributed by atoms with Crippen molar-refractivity contribution in [2.45, 2.75) is 13.8 Å². The Balaban J connectivity index is 2.18. The zero-order chi connectivity index (χ0) is 13.8. The number of carbonyl (C=O) groups is 1. The van der Waals surface area contributed by atoms with E-state index in [0.29, 0.717) is 6.67 Å². The number of rotatable bonds is 5. The second-order valence-corrected chi connectivity index (χ2v) is 4.81. The highest BCUT2D eigenvalue weighted by Crippen LogP contribution is 2.19. The van der Waals surface area contributed by atoms with E-state index in [9.17, 15) is 4.79 Å². The third-order valence-corrected chi connectivity index (χ3v) is 3.64. The van der Waals surface area contributed by atoms with Crippen LogP contribution in [0.4, 0.5) is 0 Å². The maximum atomic E-state index is 12.3. The van der Waals surface area contributed by atoms with Gasteiger partial charge in [-0.25, -0.2) is 0 Å². The molecule has 0 aliphatic heterocycles. The number of aromatic nitrogens is 1. The molecule has 0 saturated carbocycles. The second kappa shape index (κ2) is 5.89. The summed E-state index contributed by atoms with van der Waals surface area (Å²) in [6.45, 7) is 6.97. The molecule has 0 radical (unpaired) electrons. The monoisotopic (exact) mass is 260 g/mol. The molecule has 0 bridgehead atoms. The summed E-state index contributed by atoms with van der Waals surface area (Å²) in [7, 11) is 1.97. The van der Waals surface area contributed by atoms with Crippen LogP contribution in [0.25, 0.3) is 10.9 Å². The number of benzene rings is 1. The van der Waals surface area contributed by atoms with Gasteiger partial charge in [-0.1, -0.05) is 18.2 Å². The number of aryl methyl sites for hydroxylation is 1. The van der Waals surface area contributed by atoms with Crippen molar-refractivity contribution in [3.63, 3.8) is 0 Å². The van der Waals surface area contributed by atoms with Crippen LogP contribution in [0.3, 0.4) is 0 Å². The van der Waals surface area contributed by atoms with E-state index < -0.39 is 0 Å². The average molecular weight is 260 g/mol. The van der Waals surface area contributed by atoms with Crippen LogP contribution >= 0.6 is 0 Å². The van der Waals surface area contributed by atoms with Crippen molar-refractivity contribution < 1.29 is 9.69 Å². The van der Waals surface area contributed by atoms with Crippen LogP contribution in [0.2, 0.25) is 0 Å². The van der Waals surface area contributed by atoms with Gasteiger partial charge in [-0.3, -0.25) is 4.79 Å². The molecule has 4 heteroatoms. The van der Waals surface area contributed by atoms with Gasteiger partial charge >= 0.3 is 0 Å². The van der Waals surface area contributed by atoms with Gasteiger partial charge < -0.3 is 14.8 Å². The van der Waals surface area contributed by atoms with E-state index in [-0.39, 0.29) is 5.91 Å². The molecule has 0 atom stereocenters. The molecule has 2 N–H and O–H groups in total. The summed E-state index contributed by atoms with van der Waals surface area (Å²) in [4.78, 5) is 13.6. The third-order valence-electron chi connectivity index (χ3n) is 3.64. The number of hydrogen-bond donors (Lipinski definition) is 2. The van der Waals surface area contributed by atoms with E-state index in [4.69, 9.17) is 0 Å². The lowest BCUT2D eigenvalue weighted by atomic mass is 10.1. The van der Waals surface area contributed by atoms with Crippen molar-refractivity contribution in [1.82, 2.24) is 9.88 Å². The van der Waals surface area contributed by atoms with Crippen LogP contribution in [-0.4, -0.2) is 30.2 Å². The van der Waals surface area contributed by atoms with Gasteiger partial charge in [0.15, 0.2) is 6.67 Å². The van der Waals surface area contributed by atoms with Crippen LogP contribution in [0.5, 0.6) is 0 Å². The summed E-state index contributed by atoms with van der Waals surface area (Å²) in [6.07, 6.45) is 1.90. The van der Waals surface area contributed by atoms with Crippen molar-refractivity contribution in [2.75, 3.05) is 19.8 Å². The lowest BCUT2D eigenvalue weighted by molar-refractivity contribution is -0.898. The highest BCUT2D eigenvalue weighted by Gasteiger charge is 2.14. The first-order valence-electron chi connectivity index (χ1n) is 6.83. The van der Waals surface area contributed by atoms with E-state index in [0.717, 1.165) is 29.6 Å². The zero-order valence-electron chi connectivity index (χ0n) is 11.9. The standard InChI is InChI=1S/C15H21N3O/c1-4-18(5-2)11-16-15(19)13-10-17(3)14-9-7-6-8-12(13)14/h6-10H,4-5,11H2,1-3H3,(H,16,19)/p+1. The molecule has 0 aliphatic rings. The normalized spacial score (nSPS) is 11.2. The quantitative estimate of drug-likeness (QED) is 0.767. The fourth-order valence-corrected chi connectivity index (χ4v) is 2.32. The minimum atomic E-state index is 0.0104. The largest absolute Gasteiger partial charge is 0.350 e. The van der Waals surface area contributed by atoms with Gasteiger partial charge in [0.25, 0.3) is 5.91 Å². The van der Waals surface area contributed by atoms with E-state index in [1.165, 1.54) is 4.90 Å². The van der Waals surface area contributed by atoms with Crippen LogP contribution in [0.15, 0.2) is 30.5 Å². The third kappa shape index (κ3) is 2.79. The second-order valence-electron chi connectivity index (χ2n) is 4.81. The Hall–Kier alpha value is -1.81. The molecule has 0 unspecified atom stereocenters. The number of para-hydroxylation sites is 1. The summed E-state index contributed by atoms with van der Waals surface area (Å²) in [5.41, 5.74) is 1.84. The molecule has 0 saturated heterocycles. The molecular formula is C15H22N3O+. The van der Waals surface area contributed by atoms with Crippen LogP contribution in [-0.2, 0) is 7.05 Å². The Labute approximate surface area is 114 Å². The van der Waals surface area contributed by atoms with Gasteiger partial charge in [0.1, 0.15) is 0 Å². The maximum Gasteiger partial charge on any atom is 0.257 e. The minimum absolute atomic E-state index is 0.0104. The smallest absolute Gasteiger partial charge is 0.257 e. The molecule has 19 heavy (non-hydrogen) atoms. The first kappa shape index (κ1) is 13.6. The van der Waals surface area contributed by atoms with Crippen molar-refractivity contribution in [3.05, 3.63) is 36.0 Å². The van der Waals surface area contributed by atoms with Crippen molar-refractivity contribution in [3.8, 4) is 0 Å². The highest BCUT2D eigenvalue weighted by molar-refractivity contribution is 6.06. The van der Waals surface area contributed by atoms with Crippen LogP contribution < -0.4 is 10.2 Å². The predicted molar refractivity (Wildman–Crippen MR) is 77.3 cm³/mol. The molecule has 1 aromatic heterocycles. The van der Waals surface area contributed by atoms with Crippen LogP contribution in [0.1, 0.15) is 24.2 Å². The lowest BCUT2D eigenvalue weighted by Gasteiger charge is -2.15. The minimum Gasteiger partial charge on any atom is -0.350 e. The number of nitrogens with one attached hydrogen (secondary N) is 2. The van der Waals surface area contributed by atoms with E-state index in [1.54, 1.807) is 0 Å². The summed E-state index contributed by atoms with van der Waals surface area (Å²) in [6, 6.07) is 7.98. The molecule has 4 nitrogen and oxygen atoms in total. The van der Waals surface area contributed by atoms with Gasteiger partial charge in [0.05, 0.1) is 18.7 Å². The fourth-order valence-electron chi connectivity index (χ4n) is 2.32. The van der Waals surface area contributed by atoms with E-state index >= 15 is 0 Å². The summed E-state index contributed by atoms with van der Waals surface area (Å²) in [5, 5.41) is 4.03. The Bertz CT molecular complexity index is 570. The van der Waals surface area contributed by atoms with Crippen molar-refractivity contribution in [2.24, 2.45) is 7.05 Å². The van der Waals surface area contributed by atoms with Gasteiger partial charge in [0.2, 0.25) is 0 Å².